The zero-order valence-corrected chi connectivity index (χ0v) is 17.8. The van der Waals surface area contributed by atoms with E-state index in [1.165, 1.54) is 28.2 Å². The highest BCUT2D eigenvalue weighted by molar-refractivity contribution is 7.13. The summed E-state index contributed by atoms with van der Waals surface area (Å²) in [6.07, 6.45) is 4.24. The van der Waals surface area contributed by atoms with Crippen molar-refractivity contribution in [2.75, 3.05) is 24.0 Å². The van der Waals surface area contributed by atoms with Crippen LogP contribution >= 0.6 is 11.3 Å². The number of benzene rings is 1. The Hall–Kier alpha value is -2.67. The lowest BCUT2D eigenvalue weighted by molar-refractivity contribution is -0.142. The minimum atomic E-state index is -0.270. The molecule has 3 rings (SSSR count). The minimum Gasteiger partial charge on any atom is -0.466 e. The summed E-state index contributed by atoms with van der Waals surface area (Å²) in [6.45, 7) is 8.73. The lowest BCUT2D eigenvalue weighted by Crippen LogP contribution is -2.42. The Bertz CT molecular complexity index is 930. The Morgan fingerprint density at radius 3 is 2.96 bits per heavy atom. The van der Waals surface area contributed by atoms with Crippen molar-refractivity contribution in [2.45, 2.75) is 39.7 Å². The summed E-state index contributed by atoms with van der Waals surface area (Å²) in [5.41, 5.74) is 8.33. The average molecular weight is 399 g/mol. The predicted octanol–water partition coefficient (Wildman–Crippen LogP) is 4.33. The summed E-state index contributed by atoms with van der Waals surface area (Å²) in [5.74, 6) is -0.270. The number of nitrogens with one attached hydrogen (secondary N) is 1. The fraction of sp³-hybridized carbons (Fsp3) is 0.381. The molecule has 2 heterocycles. The predicted molar refractivity (Wildman–Crippen MR) is 116 cm³/mol. The van der Waals surface area contributed by atoms with Crippen molar-refractivity contribution >= 4 is 39.9 Å². The van der Waals surface area contributed by atoms with Crippen LogP contribution in [0, 0.1) is 0 Å². The molecule has 0 radical (unpaired) electrons. The first-order valence-corrected chi connectivity index (χ1v) is 10.1. The van der Waals surface area contributed by atoms with Crippen LogP contribution in [0.25, 0.3) is 5.57 Å². The van der Waals surface area contributed by atoms with Gasteiger partial charge in [0, 0.05) is 23.7 Å². The number of carbonyl (C=O) groups excluding carboxylic acids is 1. The number of thiazole rings is 1. The summed E-state index contributed by atoms with van der Waals surface area (Å²) in [5, 5.41) is 6.76. The van der Waals surface area contributed by atoms with Gasteiger partial charge in [0.2, 0.25) is 5.13 Å². The van der Waals surface area contributed by atoms with Gasteiger partial charge in [-0.15, -0.1) is 11.3 Å². The molecule has 0 atom stereocenters. The summed E-state index contributed by atoms with van der Waals surface area (Å²) >= 11 is 1.41. The second-order valence-electron chi connectivity index (χ2n) is 7.31. The van der Waals surface area contributed by atoms with Gasteiger partial charge in [-0.1, -0.05) is 12.1 Å². The van der Waals surface area contributed by atoms with E-state index in [9.17, 15) is 4.79 Å². The zero-order chi connectivity index (χ0) is 20.3. The number of fused-ring (bicyclic) bond motifs is 1. The van der Waals surface area contributed by atoms with Gasteiger partial charge in [-0.05, 0) is 51.0 Å². The molecule has 1 aliphatic heterocycles. The number of likely N-dealkylation sites (N-methyl/N-ethyl adjacent to an activating group) is 1. The standard InChI is InChI=1S/C21H26N4O2S/c1-6-27-19(26)10-16-13-28-20(23-16)24-22-12-15-7-8-18-17(9-15)14(2)11-21(3,4)25(18)5/h7-9,11-13H,6,10H2,1-5H3,(H,23,24). The molecule has 0 saturated heterocycles. The number of carbonyl (C=O) groups is 1. The molecular formula is C21H26N4O2S. The third kappa shape index (κ3) is 4.42. The van der Waals surface area contributed by atoms with Crippen LogP contribution in [0.5, 0.6) is 0 Å². The Balaban J connectivity index is 1.67. The largest absolute Gasteiger partial charge is 0.466 e. The number of ether oxygens (including phenoxy) is 1. The molecule has 0 unspecified atom stereocenters. The molecular weight excluding hydrogens is 372 g/mol. The Kier molecular flexibility index (Phi) is 5.84. The molecule has 0 saturated carbocycles. The maximum atomic E-state index is 11.5. The molecule has 0 spiro atoms. The minimum absolute atomic E-state index is 0.000342. The van der Waals surface area contributed by atoms with E-state index in [-0.39, 0.29) is 17.9 Å². The second-order valence-corrected chi connectivity index (χ2v) is 8.17. The maximum Gasteiger partial charge on any atom is 0.311 e. The van der Waals surface area contributed by atoms with Crippen molar-refractivity contribution in [2.24, 2.45) is 5.10 Å². The van der Waals surface area contributed by atoms with Crippen LogP contribution in [0.4, 0.5) is 10.8 Å². The van der Waals surface area contributed by atoms with Gasteiger partial charge in [0.15, 0.2) is 0 Å². The summed E-state index contributed by atoms with van der Waals surface area (Å²) in [4.78, 5) is 18.1. The lowest BCUT2D eigenvalue weighted by atomic mass is 9.89. The highest BCUT2D eigenvalue weighted by Crippen LogP contribution is 2.37. The fourth-order valence-corrected chi connectivity index (χ4v) is 3.88. The highest BCUT2D eigenvalue weighted by Gasteiger charge is 2.28. The summed E-state index contributed by atoms with van der Waals surface area (Å²) < 4.78 is 4.94. The van der Waals surface area contributed by atoms with E-state index >= 15 is 0 Å². The van der Waals surface area contributed by atoms with E-state index in [0.29, 0.717) is 17.4 Å². The molecule has 1 aromatic heterocycles. The molecule has 148 valence electrons. The van der Waals surface area contributed by atoms with E-state index in [4.69, 9.17) is 4.74 Å². The maximum absolute atomic E-state index is 11.5. The van der Waals surface area contributed by atoms with Gasteiger partial charge in [0.25, 0.3) is 0 Å². The molecule has 0 aliphatic carbocycles. The number of hydrazone groups is 1. The molecule has 1 N–H and O–H groups in total. The average Bonchev–Trinajstić information content (AvgIpc) is 3.07. The van der Waals surface area contributed by atoms with Gasteiger partial charge in [-0.2, -0.15) is 5.10 Å². The molecule has 0 bridgehead atoms. The lowest BCUT2D eigenvalue weighted by Gasteiger charge is -2.40. The number of anilines is 2. The van der Waals surface area contributed by atoms with Crippen molar-refractivity contribution in [3.8, 4) is 0 Å². The number of esters is 1. The molecule has 2 aromatic rings. The highest BCUT2D eigenvalue weighted by atomic mass is 32.1. The first-order valence-electron chi connectivity index (χ1n) is 9.27. The SMILES string of the molecule is CCOC(=O)Cc1csc(NN=Cc2ccc3c(c2)C(C)=CC(C)(C)N3C)n1. The van der Waals surface area contributed by atoms with E-state index in [0.717, 1.165) is 5.56 Å². The van der Waals surface area contributed by atoms with Gasteiger partial charge in [-0.3, -0.25) is 10.2 Å². The Labute approximate surface area is 169 Å². The van der Waals surface area contributed by atoms with Gasteiger partial charge in [-0.25, -0.2) is 4.98 Å². The van der Waals surface area contributed by atoms with Gasteiger partial charge in [0.05, 0.1) is 30.5 Å². The van der Waals surface area contributed by atoms with Gasteiger partial charge < -0.3 is 9.64 Å². The second kappa shape index (κ2) is 8.14. The van der Waals surface area contributed by atoms with Gasteiger partial charge >= 0.3 is 5.97 Å². The zero-order valence-electron chi connectivity index (χ0n) is 16.9. The van der Waals surface area contributed by atoms with Crippen molar-refractivity contribution in [1.29, 1.82) is 0 Å². The number of nitrogens with zero attached hydrogens (tertiary/aromatic N) is 3. The number of rotatable bonds is 6. The van der Waals surface area contributed by atoms with Crippen LogP contribution in [0.3, 0.4) is 0 Å². The third-order valence-electron chi connectivity index (χ3n) is 4.80. The van der Waals surface area contributed by atoms with Crippen molar-refractivity contribution < 1.29 is 9.53 Å². The smallest absolute Gasteiger partial charge is 0.311 e. The van der Waals surface area contributed by atoms with E-state index < -0.39 is 0 Å². The number of hydrogen-bond acceptors (Lipinski definition) is 7. The van der Waals surface area contributed by atoms with Crippen LogP contribution in [0.15, 0.2) is 34.8 Å². The molecule has 6 nitrogen and oxygen atoms in total. The first kappa shape index (κ1) is 20.1. The molecule has 0 fully saturated rings. The molecule has 1 aromatic carbocycles. The van der Waals surface area contributed by atoms with Crippen LogP contribution in [-0.2, 0) is 16.0 Å². The molecule has 1 aliphatic rings. The van der Waals surface area contributed by atoms with Gasteiger partial charge in [0.1, 0.15) is 0 Å². The normalized spacial score (nSPS) is 15.3. The quantitative estimate of drug-likeness (QED) is 0.446. The number of hydrogen-bond donors (Lipinski definition) is 1. The molecule has 7 heteroatoms. The topological polar surface area (TPSA) is 66.8 Å². The van der Waals surface area contributed by atoms with Crippen LogP contribution in [0.1, 0.15) is 44.5 Å². The van der Waals surface area contributed by atoms with E-state index in [1.54, 1.807) is 13.1 Å². The van der Waals surface area contributed by atoms with E-state index in [1.807, 2.05) is 5.38 Å². The van der Waals surface area contributed by atoms with Crippen LogP contribution in [-0.4, -0.2) is 36.4 Å². The van der Waals surface area contributed by atoms with Crippen LogP contribution < -0.4 is 10.3 Å². The Morgan fingerprint density at radius 2 is 2.21 bits per heavy atom. The summed E-state index contributed by atoms with van der Waals surface area (Å²) in [6, 6.07) is 6.34. The van der Waals surface area contributed by atoms with Crippen LogP contribution in [0.2, 0.25) is 0 Å². The molecule has 0 amide bonds. The van der Waals surface area contributed by atoms with Crippen molar-refractivity contribution in [1.82, 2.24) is 4.98 Å². The first-order chi connectivity index (χ1) is 13.3. The van der Waals surface area contributed by atoms with Crippen molar-refractivity contribution in [3.63, 3.8) is 0 Å². The third-order valence-corrected chi connectivity index (χ3v) is 5.59. The Morgan fingerprint density at radius 1 is 1.43 bits per heavy atom. The summed E-state index contributed by atoms with van der Waals surface area (Å²) in [7, 11) is 2.12. The number of allylic oxidation sites excluding steroid dienone is 1. The monoisotopic (exact) mass is 398 g/mol. The molecule has 28 heavy (non-hydrogen) atoms. The van der Waals surface area contributed by atoms with E-state index in [2.05, 4.69) is 72.5 Å². The fourth-order valence-electron chi connectivity index (χ4n) is 3.22. The van der Waals surface area contributed by atoms with Crippen molar-refractivity contribution in [3.05, 3.63) is 46.5 Å². The number of aromatic nitrogens is 1.